The third-order valence-corrected chi connectivity index (χ3v) is 8.01. The van der Waals surface area contributed by atoms with Gasteiger partial charge in [0.05, 0.1) is 28.3 Å². The average Bonchev–Trinajstić information content (AvgIpc) is 3.71. The Bertz CT molecular complexity index is 2410. The van der Waals surface area contributed by atoms with E-state index in [1.807, 2.05) is 35.3 Å². The highest BCUT2D eigenvalue weighted by Crippen LogP contribution is 2.41. The topological polar surface area (TPSA) is 53.5 Å². The zero-order valence-electron chi connectivity index (χ0n) is 21.9. The van der Waals surface area contributed by atoms with Crippen molar-refractivity contribution in [1.82, 2.24) is 28.7 Å². The van der Waals surface area contributed by atoms with E-state index in [4.69, 9.17) is 9.97 Å². The van der Waals surface area contributed by atoms with Crippen LogP contribution in [0, 0.1) is 0 Å². The van der Waals surface area contributed by atoms with Crippen molar-refractivity contribution < 1.29 is 0 Å². The number of hydrogen-bond acceptors (Lipinski definition) is 3. The predicted molar refractivity (Wildman–Crippen MR) is 165 cm³/mol. The molecule has 0 saturated carbocycles. The molecular formula is C35H22N6. The number of imidazole rings is 1. The van der Waals surface area contributed by atoms with Gasteiger partial charge in [-0.2, -0.15) is 4.98 Å². The minimum absolute atomic E-state index is 0.601. The van der Waals surface area contributed by atoms with Gasteiger partial charge in [-0.3, -0.25) is 9.13 Å². The molecule has 0 unspecified atom stereocenters. The maximum Gasteiger partial charge on any atom is 0.236 e. The van der Waals surface area contributed by atoms with Crippen LogP contribution in [0.15, 0.2) is 134 Å². The van der Waals surface area contributed by atoms with Gasteiger partial charge < -0.3 is 4.57 Å². The smallest absolute Gasteiger partial charge is 0.236 e. The van der Waals surface area contributed by atoms with Gasteiger partial charge in [-0.25, -0.2) is 9.97 Å². The van der Waals surface area contributed by atoms with E-state index in [0.717, 1.165) is 33.3 Å². The van der Waals surface area contributed by atoms with Crippen molar-refractivity contribution >= 4 is 54.8 Å². The van der Waals surface area contributed by atoms with E-state index in [1.165, 1.54) is 27.2 Å². The number of hydrogen-bond donors (Lipinski definition) is 0. The first-order chi connectivity index (χ1) is 20.4. The summed E-state index contributed by atoms with van der Waals surface area (Å²) in [6.07, 6.45) is 3.68. The van der Waals surface area contributed by atoms with Crippen LogP contribution in [0.5, 0.6) is 0 Å². The quantitative estimate of drug-likeness (QED) is 0.234. The third kappa shape index (κ3) is 3.10. The molecule has 0 saturated heterocycles. The molecule has 0 N–H and O–H groups in total. The monoisotopic (exact) mass is 526 g/mol. The van der Waals surface area contributed by atoms with Crippen LogP contribution in [0.4, 0.5) is 0 Å². The number of fused-ring (bicyclic) bond motifs is 8. The molecule has 6 heteroatoms. The molecule has 0 radical (unpaired) electrons. The van der Waals surface area contributed by atoms with Crippen molar-refractivity contribution in [2.45, 2.75) is 0 Å². The second-order valence-electron chi connectivity index (χ2n) is 10.2. The van der Waals surface area contributed by atoms with Crippen molar-refractivity contribution in [1.29, 1.82) is 0 Å². The highest BCUT2D eigenvalue weighted by molar-refractivity contribution is 6.26. The van der Waals surface area contributed by atoms with Gasteiger partial charge in [0.1, 0.15) is 11.8 Å². The molecule has 0 fully saturated rings. The Morgan fingerprint density at radius 3 is 1.90 bits per heavy atom. The van der Waals surface area contributed by atoms with Crippen molar-refractivity contribution in [2.24, 2.45) is 0 Å². The minimum atomic E-state index is 0.601. The number of nitrogens with zero attached hydrogens (tertiary/aromatic N) is 6. The highest BCUT2D eigenvalue weighted by Gasteiger charge is 2.21. The first-order valence-corrected chi connectivity index (χ1v) is 13.6. The summed E-state index contributed by atoms with van der Waals surface area (Å²) in [4.78, 5) is 14.5. The van der Waals surface area contributed by atoms with Gasteiger partial charge in [-0.15, -0.1) is 0 Å². The first-order valence-electron chi connectivity index (χ1n) is 13.6. The van der Waals surface area contributed by atoms with Crippen LogP contribution >= 0.6 is 0 Å². The Morgan fingerprint density at radius 1 is 0.463 bits per heavy atom. The zero-order chi connectivity index (χ0) is 26.9. The van der Waals surface area contributed by atoms with Crippen LogP contribution < -0.4 is 0 Å². The van der Waals surface area contributed by atoms with Gasteiger partial charge in [-0.1, -0.05) is 78.9 Å². The summed E-state index contributed by atoms with van der Waals surface area (Å²) >= 11 is 0. The lowest BCUT2D eigenvalue weighted by Crippen LogP contribution is -2.02. The van der Waals surface area contributed by atoms with E-state index in [9.17, 15) is 0 Å². The Labute approximate surface area is 234 Å². The van der Waals surface area contributed by atoms with Gasteiger partial charge in [0.2, 0.25) is 5.95 Å². The Balaban J connectivity index is 1.38. The molecule has 6 nitrogen and oxygen atoms in total. The maximum atomic E-state index is 4.98. The summed E-state index contributed by atoms with van der Waals surface area (Å²) in [6.45, 7) is 0. The number of benzene rings is 5. The van der Waals surface area contributed by atoms with Crippen LogP contribution in [0.2, 0.25) is 0 Å². The van der Waals surface area contributed by atoms with Crippen molar-refractivity contribution in [2.75, 3.05) is 0 Å². The molecule has 9 aromatic rings. The molecule has 0 bridgehead atoms. The number of rotatable bonds is 3. The first kappa shape index (κ1) is 22.1. The van der Waals surface area contributed by atoms with E-state index < -0.39 is 0 Å². The van der Waals surface area contributed by atoms with Crippen LogP contribution in [0.25, 0.3) is 72.1 Å². The molecule has 4 aromatic heterocycles. The van der Waals surface area contributed by atoms with Crippen molar-refractivity contribution in [3.63, 3.8) is 0 Å². The van der Waals surface area contributed by atoms with Gasteiger partial charge in [-0.05, 0) is 42.5 Å². The second-order valence-corrected chi connectivity index (χ2v) is 10.2. The molecule has 192 valence electrons. The lowest BCUT2D eigenvalue weighted by atomic mass is 10.1. The normalized spacial score (nSPS) is 11.9. The summed E-state index contributed by atoms with van der Waals surface area (Å²) in [5.74, 6) is 0.601. The molecule has 9 rings (SSSR count). The van der Waals surface area contributed by atoms with Gasteiger partial charge in [0, 0.05) is 32.9 Å². The van der Waals surface area contributed by atoms with Crippen LogP contribution in [-0.4, -0.2) is 28.7 Å². The molecule has 0 atom stereocenters. The van der Waals surface area contributed by atoms with Crippen LogP contribution in [-0.2, 0) is 0 Å². The van der Waals surface area contributed by atoms with Gasteiger partial charge in [0.25, 0.3) is 0 Å². The lowest BCUT2D eigenvalue weighted by molar-refractivity contribution is 1.00. The summed E-state index contributed by atoms with van der Waals surface area (Å²) in [5, 5.41) is 4.79. The Hall–Kier alpha value is -5.75. The fraction of sp³-hybridized carbons (Fsp3) is 0. The van der Waals surface area contributed by atoms with Crippen molar-refractivity contribution in [3.05, 3.63) is 134 Å². The molecule has 0 amide bonds. The average molecular weight is 527 g/mol. The Kier molecular flexibility index (Phi) is 4.51. The largest absolute Gasteiger partial charge is 0.309 e. The third-order valence-electron chi connectivity index (χ3n) is 8.01. The Morgan fingerprint density at radius 2 is 1.12 bits per heavy atom. The minimum Gasteiger partial charge on any atom is -0.309 e. The zero-order valence-corrected chi connectivity index (χ0v) is 21.9. The predicted octanol–water partition coefficient (Wildman–Crippen LogP) is 8.01. The highest BCUT2D eigenvalue weighted by atomic mass is 15.2. The van der Waals surface area contributed by atoms with E-state index in [0.29, 0.717) is 11.6 Å². The van der Waals surface area contributed by atoms with E-state index in [2.05, 4.69) is 117 Å². The summed E-state index contributed by atoms with van der Waals surface area (Å²) in [5.41, 5.74) is 8.16. The molecular weight excluding hydrogens is 504 g/mol. The summed E-state index contributed by atoms with van der Waals surface area (Å²) in [7, 11) is 0. The van der Waals surface area contributed by atoms with Gasteiger partial charge in [0.15, 0.2) is 5.65 Å². The summed E-state index contributed by atoms with van der Waals surface area (Å²) < 4.78 is 6.57. The van der Waals surface area contributed by atoms with E-state index in [-0.39, 0.29) is 0 Å². The second kappa shape index (κ2) is 8.37. The fourth-order valence-corrected chi connectivity index (χ4v) is 6.27. The number of aromatic nitrogens is 6. The van der Waals surface area contributed by atoms with Crippen LogP contribution in [0.3, 0.4) is 0 Å². The molecule has 4 heterocycles. The van der Waals surface area contributed by atoms with Gasteiger partial charge >= 0.3 is 0 Å². The van der Waals surface area contributed by atoms with E-state index >= 15 is 0 Å². The maximum absolute atomic E-state index is 4.98. The van der Waals surface area contributed by atoms with Crippen LogP contribution in [0.1, 0.15) is 0 Å². The fourth-order valence-electron chi connectivity index (χ4n) is 6.27. The molecule has 0 aliphatic heterocycles. The molecule has 41 heavy (non-hydrogen) atoms. The molecule has 0 aliphatic rings. The molecule has 0 aliphatic carbocycles. The number of para-hydroxylation sites is 4. The SMILES string of the molecule is c1ccc(-n2cnc3nc(-n4c5ccccc5c5c4ccc4c6ccccc6n(-c6ccccc6)c45)ncc32)cc1. The lowest BCUT2D eigenvalue weighted by Gasteiger charge is -2.09. The summed E-state index contributed by atoms with van der Waals surface area (Å²) in [6, 6.07) is 42.3. The van der Waals surface area contributed by atoms with E-state index in [1.54, 1.807) is 0 Å². The van der Waals surface area contributed by atoms with Crippen molar-refractivity contribution in [3.8, 4) is 17.3 Å². The molecule has 0 spiro atoms. The molecule has 5 aromatic carbocycles. The standard InChI is InChI=1S/C35H22N6/c1-3-11-23(12-4-1)39-22-37-34-31(39)21-36-35(38-34)41-29-18-10-8-16-27(29)32-30(41)20-19-26-25-15-7-9-17-28(25)40(33(26)32)24-13-5-2-6-14-24/h1-22H.